The lowest BCUT2D eigenvalue weighted by atomic mass is 9.64. The van der Waals surface area contributed by atoms with Crippen molar-refractivity contribution in [3.63, 3.8) is 0 Å². The van der Waals surface area contributed by atoms with E-state index in [1.807, 2.05) is 80.0 Å². The number of carbonyl (C=O) groups excluding carboxylic acids is 1. The van der Waals surface area contributed by atoms with Gasteiger partial charge in [-0.25, -0.2) is 4.98 Å². The summed E-state index contributed by atoms with van der Waals surface area (Å²) in [6, 6.07) is 20.4. The van der Waals surface area contributed by atoms with Gasteiger partial charge in [0.1, 0.15) is 11.2 Å². The molecule has 4 rings (SSSR count). The van der Waals surface area contributed by atoms with Crippen LogP contribution in [0.1, 0.15) is 42.3 Å². The zero-order chi connectivity index (χ0) is 18.9. The minimum absolute atomic E-state index is 0.145. The lowest BCUT2D eigenvalue weighted by molar-refractivity contribution is -0.123. The number of hydrogen-bond donors (Lipinski definition) is 1. The molecule has 1 aromatic heterocycles. The first kappa shape index (κ1) is 17.5. The van der Waals surface area contributed by atoms with Crippen molar-refractivity contribution in [2.24, 2.45) is 11.7 Å². The normalized spacial score (nSPS) is 19.9. The fraction of sp³-hybridized carbons (Fsp3) is 0.304. The van der Waals surface area contributed by atoms with Crippen LogP contribution in [0.3, 0.4) is 0 Å². The van der Waals surface area contributed by atoms with Crippen molar-refractivity contribution in [3.05, 3.63) is 90.0 Å². The first-order chi connectivity index (χ1) is 13.1. The van der Waals surface area contributed by atoms with Crippen LogP contribution in [-0.2, 0) is 10.2 Å². The largest absolute Gasteiger partial charge is 0.369 e. The highest BCUT2D eigenvalue weighted by atomic mass is 16.1. The summed E-state index contributed by atoms with van der Waals surface area (Å²) < 4.78 is 2.24. The van der Waals surface area contributed by atoms with Gasteiger partial charge < -0.3 is 10.3 Å². The highest BCUT2D eigenvalue weighted by Gasteiger charge is 2.50. The molecule has 1 heterocycles. The summed E-state index contributed by atoms with van der Waals surface area (Å²) in [5, 5.41) is 0. The first-order valence-electron chi connectivity index (χ1n) is 9.54. The molecule has 1 fully saturated rings. The number of aryl methyl sites for hydroxylation is 1. The van der Waals surface area contributed by atoms with E-state index in [9.17, 15) is 4.79 Å². The van der Waals surface area contributed by atoms with Gasteiger partial charge in [-0.05, 0) is 43.2 Å². The molecule has 1 aliphatic carbocycles. The van der Waals surface area contributed by atoms with Crippen LogP contribution in [0.2, 0.25) is 0 Å². The molecule has 138 valence electrons. The Bertz CT molecular complexity index is 878. The van der Waals surface area contributed by atoms with E-state index in [2.05, 4.69) is 9.55 Å². The molecule has 0 aliphatic heterocycles. The molecule has 1 aliphatic rings. The van der Waals surface area contributed by atoms with Crippen molar-refractivity contribution in [1.82, 2.24) is 9.55 Å². The molecule has 0 saturated heterocycles. The third-order valence-electron chi connectivity index (χ3n) is 6.12. The van der Waals surface area contributed by atoms with Gasteiger partial charge in [-0.2, -0.15) is 0 Å². The van der Waals surface area contributed by atoms with Crippen LogP contribution in [0.5, 0.6) is 0 Å². The zero-order valence-electron chi connectivity index (χ0n) is 15.6. The van der Waals surface area contributed by atoms with Crippen LogP contribution < -0.4 is 5.73 Å². The number of imidazole rings is 1. The van der Waals surface area contributed by atoms with Crippen LogP contribution in [0, 0.1) is 12.8 Å². The number of hydrogen-bond acceptors (Lipinski definition) is 2. The molecule has 4 heteroatoms. The molecule has 1 saturated carbocycles. The second-order valence-electron chi connectivity index (χ2n) is 7.45. The maximum atomic E-state index is 13.1. The highest BCUT2D eigenvalue weighted by Crippen LogP contribution is 2.49. The third-order valence-corrected chi connectivity index (χ3v) is 6.12. The monoisotopic (exact) mass is 359 g/mol. The molecule has 0 bridgehead atoms. The SMILES string of the molecule is Cc1nccn1[C@@H]1CC[C@H](C(C(N)=O)(c2ccccc2)c2ccccc2)C1. The zero-order valence-corrected chi connectivity index (χ0v) is 15.6. The van der Waals surface area contributed by atoms with Gasteiger partial charge in [0.2, 0.25) is 5.91 Å². The number of amides is 1. The highest BCUT2D eigenvalue weighted by molar-refractivity contribution is 5.91. The number of primary amides is 1. The quantitative estimate of drug-likeness (QED) is 0.748. The minimum atomic E-state index is -0.814. The van der Waals surface area contributed by atoms with Gasteiger partial charge in [-0.1, -0.05) is 60.7 Å². The Morgan fingerprint density at radius 2 is 1.63 bits per heavy atom. The molecule has 0 unspecified atom stereocenters. The molecule has 27 heavy (non-hydrogen) atoms. The maximum Gasteiger partial charge on any atom is 0.232 e. The molecule has 0 spiro atoms. The Morgan fingerprint density at radius 1 is 1.04 bits per heavy atom. The number of nitrogens with two attached hydrogens (primary N) is 1. The summed E-state index contributed by atoms with van der Waals surface area (Å²) in [5.41, 5.74) is 7.30. The van der Waals surface area contributed by atoms with E-state index >= 15 is 0 Å². The summed E-state index contributed by atoms with van der Waals surface area (Å²) in [4.78, 5) is 17.4. The summed E-state index contributed by atoms with van der Waals surface area (Å²) in [5.74, 6) is 0.893. The maximum absolute atomic E-state index is 13.1. The van der Waals surface area contributed by atoms with Gasteiger partial charge in [0.15, 0.2) is 0 Å². The Labute approximate surface area is 160 Å². The summed E-state index contributed by atoms with van der Waals surface area (Å²) >= 11 is 0. The fourth-order valence-corrected chi connectivity index (χ4v) is 4.90. The number of carbonyl (C=O) groups is 1. The lowest BCUT2D eigenvalue weighted by Gasteiger charge is -2.37. The van der Waals surface area contributed by atoms with Crippen LogP contribution in [0.4, 0.5) is 0 Å². The van der Waals surface area contributed by atoms with Crippen molar-refractivity contribution in [3.8, 4) is 0 Å². The molecule has 2 aromatic carbocycles. The van der Waals surface area contributed by atoms with E-state index in [1.165, 1.54) is 0 Å². The van der Waals surface area contributed by atoms with E-state index in [0.717, 1.165) is 36.2 Å². The van der Waals surface area contributed by atoms with Gasteiger partial charge in [0.25, 0.3) is 0 Å². The molecular weight excluding hydrogens is 334 g/mol. The second kappa shape index (κ2) is 7.03. The average Bonchev–Trinajstić information content (AvgIpc) is 3.33. The van der Waals surface area contributed by atoms with Gasteiger partial charge in [0.05, 0.1) is 0 Å². The van der Waals surface area contributed by atoms with Crippen LogP contribution in [0.25, 0.3) is 0 Å². The number of nitrogens with zero attached hydrogens (tertiary/aromatic N) is 2. The number of aromatic nitrogens is 2. The van der Waals surface area contributed by atoms with Gasteiger partial charge in [0, 0.05) is 18.4 Å². The third kappa shape index (κ3) is 2.85. The first-order valence-corrected chi connectivity index (χ1v) is 9.54. The van der Waals surface area contributed by atoms with Gasteiger partial charge in [-0.15, -0.1) is 0 Å². The van der Waals surface area contributed by atoms with Gasteiger partial charge in [-0.3, -0.25) is 4.79 Å². The topological polar surface area (TPSA) is 60.9 Å². The second-order valence-corrected chi connectivity index (χ2v) is 7.45. The van der Waals surface area contributed by atoms with E-state index in [4.69, 9.17) is 5.73 Å². The molecule has 4 nitrogen and oxygen atoms in total. The van der Waals surface area contributed by atoms with Crippen molar-refractivity contribution < 1.29 is 4.79 Å². The van der Waals surface area contributed by atoms with Crippen molar-refractivity contribution >= 4 is 5.91 Å². The summed E-state index contributed by atoms with van der Waals surface area (Å²) in [7, 11) is 0. The standard InChI is InChI=1S/C23H25N3O/c1-17-25-14-15-26(17)21-13-12-20(16-21)23(22(24)27,18-8-4-2-5-9-18)19-10-6-3-7-11-19/h2-11,14-15,20-21H,12-13,16H2,1H3,(H2,24,27)/t20-,21+/m0/s1. The van der Waals surface area contributed by atoms with E-state index < -0.39 is 5.41 Å². The van der Waals surface area contributed by atoms with Gasteiger partial charge >= 0.3 is 0 Å². The van der Waals surface area contributed by atoms with Crippen molar-refractivity contribution in [2.45, 2.75) is 37.6 Å². The average molecular weight is 359 g/mol. The summed E-state index contributed by atoms with van der Waals surface area (Å²) in [6.45, 7) is 2.03. The lowest BCUT2D eigenvalue weighted by Crippen LogP contribution is -2.47. The molecular formula is C23H25N3O. The van der Waals surface area contributed by atoms with E-state index in [-0.39, 0.29) is 11.8 Å². The molecule has 3 aromatic rings. The summed E-state index contributed by atoms with van der Waals surface area (Å²) in [6.07, 6.45) is 6.77. The minimum Gasteiger partial charge on any atom is -0.369 e. The smallest absolute Gasteiger partial charge is 0.232 e. The number of rotatable bonds is 5. The Hall–Kier alpha value is -2.88. The van der Waals surface area contributed by atoms with Crippen molar-refractivity contribution in [2.75, 3.05) is 0 Å². The Balaban J connectivity index is 1.82. The Morgan fingerprint density at radius 3 is 2.11 bits per heavy atom. The molecule has 2 atom stereocenters. The Kier molecular flexibility index (Phi) is 4.56. The van der Waals surface area contributed by atoms with E-state index in [1.54, 1.807) is 0 Å². The number of benzene rings is 2. The molecule has 2 N–H and O–H groups in total. The van der Waals surface area contributed by atoms with E-state index in [0.29, 0.717) is 6.04 Å². The molecule has 0 radical (unpaired) electrons. The predicted octanol–water partition coefficient (Wildman–Crippen LogP) is 4.00. The van der Waals surface area contributed by atoms with Crippen LogP contribution >= 0.6 is 0 Å². The van der Waals surface area contributed by atoms with Crippen molar-refractivity contribution in [1.29, 1.82) is 0 Å². The fourth-order valence-electron chi connectivity index (χ4n) is 4.90. The van der Waals surface area contributed by atoms with Crippen LogP contribution in [-0.4, -0.2) is 15.5 Å². The predicted molar refractivity (Wildman–Crippen MR) is 106 cm³/mol. The molecule has 1 amide bonds. The van der Waals surface area contributed by atoms with Crippen LogP contribution in [0.15, 0.2) is 73.1 Å².